The van der Waals surface area contributed by atoms with Crippen molar-refractivity contribution in [3.63, 3.8) is 0 Å². The predicted molar refractivity (Wildman–Crippen MR) is 87.8 cm³/mol. The molecule has 0 saturated heterocycles. The van der Waals surface area contributed by atoms with Crippen LogP contribution in [-0.4, -0.2) is 28.4 Å². The van der Waals surface area contributed by atoms with Crippen LogP contribution in [0.5, 0.6) is 5.75 Å². The van der Waals surface area contributed by atoms with Crippen LogP contribution >= 0.6 is 0 Å². The predicted octanol–water partition coefficient (Wildman–Crippen LogP) is 3.30. The lowest BCUT2D eigenvalue weighted by Gasteiger charge is -2.38. The van der Waals surface area contributed by atoms with Crippen molar-refractivity contribution < 1.29 is 19.7 Å². The Morgan fingerprint density at radius 1 is 1.30 bits per heavy atom. The van der Waals surface area contributed by atoms with E-state index in [9.17, 15) is 15.0 Å². The second kappa shape index (κ2) is 5.82. The summed E-state index contributed by atoms with van der Waals surface area (Å²) in [5.74, 6) is -0.361. The van der Waals surface area contributed by atoms with Crippen LogP contribution in [0.3, 0.4) is 0 Å². The van der Waals surface area contributed by atoms with E-state index in [0.29, 0.717) is 6.61 Å². The summed E-state index contributed by atoms with van der Waals surface area (Å²) in [6, 6.07) is 6.06. The smallest absolute Gasteiger partial charge is 0.335 e. The van der Waals surface area contributed by atoms with E-state index in [0.717, 1.165) is 43.4 Å². The van der Waals surface area contributed by atoms with E-state index in [1.807, 2.05) is 26.0 Å². The minimum Gasteiger partial charge on any atom is -0.493 e. The Hall–Kier alpha value is -1.55. The topological polar surface area (TPSA) is 66.8 Å². The summed E-state index contributed by atoms with van der Waals surface area (Å²) in [4.78, 5) is 11.9. The molecule has 2 N–H and O–H groups in total. The highest BCUT2D eigenvalue weighted by Gasteiger charge is 2.49. The van der Waals surface area contributed by atoms with Crippen LogP contribution in [0.1, 0.15) is 57.1 Å². The molecule has 1 aliphatic carbocycles. The van der Waals surface area contributed by atoms with E-state index in [-0.39, 0.29) is 12.3 Å². The Morgan fingerprint density at radius 2 is 2.00 bits per heavy atom. The highest BCUT2D eigenvalue weighted by atomic mass is 16.5. The fraction of sp³-hybridized carbons (Fsp3) is 0.632. The maximum Gasteiger partial charge on any atom is 0.335 e. The molecule has 1 saturated carbocycles. The molecule has 1 heterocycles. The lowest BCUT2D eigenvalue weighted by atomic mass is 9.70. The van der Waals surface area contributed by atoms with Gasteiger partial charge in [0.1, 0.15) is 5.75 Å². The van der Waals surface area contributed by atoms with E-state index in [2.05, 4.69) is 6.07 Å². The highest BCUT2D eigenvalue weighted by Crippen LogP contribution is 2.45. The number of ether oxygens (including phenoxy) is 1. The van der Waals surface area contributed by atoms with E-state index >= 15 is 0 Å². The molecule has 23 heavy (non-hydrogen) atoms. The summed E-state index contributed by atoms with van der Waals surface area (Å²) in [5.41, 5.74) is 0.0488. The summed E-state index contributed by atoms with van der Waals surface area (Å²) in [6.45, 7) is 4.69. The SMILES string of the molecule is CC(C)(CC(O)(C(=O)O)C1CCCC1)c1cccc2c1OCC2. The molecule has 0 radical (unpaired) electrons. The van der Waals surface area contributed by atoms with Crippen LogP contribution in [0.25, 0.3) is 0 Å². The fourth-order valence-electron chi connectivity index (χ4n) is 4.32. The zero-order valence-corrected chi connectivity index (χ0v) is 14.0. The standard InChI is InChI=1S/C19H26O4/c1-18(2,15-9-5-6-13-10-11-23-16(13)15)12-19(22,17(20)21)14-7-3-4-8-14/h5-6,9,14,22H,3-4,7-8,10-12H2,1-2H3,(H,20,21). The number of hydrogen-bond acceptors (Lipinski definition) is 3. The molecule has 1 unspecified atom stereocenters. The largest absolute Gasteiger partial charge is 0.493 e. The first-order valence-corrected chi connectivity index (χ1v) is 8.55. The van der Waals surface area contributed by atoms with Gasteiger partial charge in [-0.25, -0.2) is 4.79 Å². The molecule has 0 amide bonds. The Labute approximate surface area is 137 Å². The first-order chi connectivity index (χ1) is 10.8. The van der Waals surface area contributed by atoms with Crippen LogP contribution in [0.2, 0.25) is 0 Å². The first kappa shape index (κ1) is 16.3. The van der Waals surface area contributed by atoms with E-state index < -0.39 is 17.0 Å². The van der Waals surface area contributed by atoms with Crippen molar-refractivity contribution in [2.24, 2.45) is 5.92 Å². The highest BCUT2D eigenvalue weighted by molar-refractivity contribution is 5.78. The third-order valence-corrected chi connectivity index (χ3v) is 5.56. The van der Waals surface area contributed by atoms with Crippen molar-refractivity contribution in [1.82, 2.24) is 0 Å². The third kappa shape index (κ3) is 2.85. The van der Waals surface area contributed by atoms with Gasteiger partial charge in [-0.05, 0) is 36.2 Å². The van der Waals surface area contributed by atoms with Gasteiger partial charge in [-0.1, -0.05) is 44.9 Å². The van der Waals surface area contributed by atoms with Crippen LogP contribution in [-0.2, 0) is 16.6 Å². The fourth-order valence-corrected chi connectivity index (χ4v) is 4.32. The van der Waals surface area contributed by atoms with Crippen LogP contribution in [0, 0.1) is 5.92 Å². The molecule has 0 bridgehead atoms. The molecule has 4 nitrogen and oxygen atoms in total. The zero-order chi connectivity index (χ0) is 16.7. The van der Waals surface area contributed by atoms with Gasteiger partial charge >= 0.3 is 5.97 Å². The Balaban J connectivity index is 1.93. The summed E-state index contributed by atoms with van der Waals surface area (Å²) in [7, 11) is 0. The maximum absolute atomic E-state index is 11.9. The Morgan fingerprint density at radius 3 is 2.65 bits per heavy atom. The Kier molecular flexibility index (Phi) is 4.13. The lowest BCUT2D eigenvalue weighted by Crippen LogP contribution is -2.49. The molecule has 1 aromatic rings. The number of rotatable bonds is 5. The van der Waals surface area contributed by atoms with Crippen molar-refractivity contribution in [2.75, 3.05) is 6.61 Å². The van der Waals surface area contributed by atoms with Gasteiger partial charge in [0.2, 0.25) is 0 Å². The van der Waals surface area contributed by atoms with Crippen molar-refractivity contribution in [3.05, 3.63) is 29.3 Å². The summed E-state index contributed by atoms with van der Waals surface area (Å²) in [5, 5.41) is 20.7. The lowest BCUT2D eigenvalue weighted by molar-refractivity contribution is -0.167. The minimum absolute atomic E-state index is 0.156. The first-order valence-electron chi connectivity index (χ1n) is 8.55. The molecular formula is C19H26O4. The average molecular weight is 318 g/mol. The van der Waals surface area contributed by atoms with Crippen molar-refractivity contribution in [2.45, 2.75) is 63.4 Å². The molecule has 4 heteroatoms. The quantitative estimate of drug-likeness (QED) is 0.874. The number of fused-ring (bicyclic) bond motifs is 1. The van der Waals surface area contributed by atoms with Crippen LogP contribution in [0.15, 0.2) is 18.2 Å². The van der Waals surface area contributed by atoms with Crippen molar-refractivity contribution >= 4 is 5.97 Å². The zero-order valence-electron chi connectivity index (χ0n) is 14.0. The van der Waals surface area contributed by atoms with E-state index in [1.165, 1.54) is 5.56 Å². The summed E-state index contributed by atoms with van der Waals surface area (Å²) < 4.78 is 5.79. The number of carboxylic acids is 1. The number of carboxylic acid groups (broad SMARTS) is 1. The Bertz CT molecular complexity index is 601. The van der Waals surface area contributed by atoms with Gasteiger partial charge in [-0.3, -0.25) is 0 Å². The van der Waals surface area contributed by atoms with Gasteiger partial charge in [0.05, 0.1) is 6.61 Å². The molecule has 2 aliphatic rings. The number of carbonyl (C=O) groups is 1. The second-order valence-corrected chi connectivity index (χ2v) is 7.66. The van der Waals surface area contributed by atoms with Crippen molar-refractivity contribution in [1.29, 1.82) is 0 Å². The summed E-state index contributed by atoms with van der Waals surface area (Å²) >= 11 is 0. The molecule has 1 aromatic carbocycles. The van der Waals surface area contributed by atoms with Gasteiger partial charge in [-0.15, -0.1) is 0 Å². The number of aliphatic carboxylic acids is 1. The second-order valence-electron chi connectivity index (χ2n) is 7.66. The molecule has 1 atom stereocenters. The van der Waals surface area contributed by atoms with Gasteiger partial charge < -0.3 is 14.9 Å². The number of hydrogen-bond donors (Lipinski definition) is 2. The van der Waals surface area contributed by atoms with Gasteiger partial charge in [-0.2, -0.15) is 0 Å². The molecule has 3 rings (SSSR count). The maximum atomic E-state index is 11.9. The molecule has 1 fully saturated rings. The van der Waals surface area contributed by atoms with Gasteiger partial charge in [0.25, 0.3) is 0 Å². The normalized spacial score (nSPS) is 20.8. The third-order valence-electron chi connectivity index (χ3n) is 5.56. The van der Waals surface area contributed by atoms with Crippen LogP contribution < -0.4 is 4.74 Å². The number of para-hydroxylation sites is 1. The number of aliphatic hydroxyl groups is 1. The number of benzene rings is 1. The van der Waals surface area contributed by atoms with Gasteiger partial charge in [0.15, 0.2) is 5.60 Å². The summed E-state index contributed by atoms with van der Waals surface area (Å²) in [6.07, 6.45) is 4.70. The average Bonchev–Trinajstić information content (AvgIpc) is 3.17. The molecular weight excluding hydrogens is 292 g/mol. The van der Waals surface area contributed by atoms with Crippen LogP contribution in [0.4, 0.5) is 0 Å². The van der Waals surface area contributed by atoms with Crippen molar-refractivity contribution in [3.8, 4) is 5.75 Å². The molecule has 0 aromatic heterocycles. The molecule has 0 spiro atoms. The van der Waals surface area contributed by atoms with E-state index in [4.69, 9.17) is 4.74 Å². The van der Waals surface area contributed by atoms with E-state index in [1.54, 1.807) is 0 Å². The molecule has 1 aliphatic heterocycles. The minimum atomic E-state index is -1.67. The monoisotopic (exact) mass is 318 g/mol. The van der Waals surface area contributed by atoms with Gasteiger partial charge in [0, 0.05) is 12.0 Å². The molecule has 126 valence electrons.